The van der Waals surface area contributed by atoms with Crippen molar-refractivity contribution in [3.05, 3.63) is 39.9 Å². The Hall–Kier alpha value is -0.840. The van der Waals surface area contributed by atoms with Crippen molar-refractivity contribution in [2.45, 2.75) is 10.3 Å². The molecule has 0 radical (unpaired) electrons. The molecular weight excluding hydrogens is 288 g/mol. The third-order valence-electron chi connectivity index (χ3n) is 2.28. The van der Waals surface area contributed by atoms with Gasteiger partial charge in [0.2, 0.25) is 0 Å². The molecular formula is C10H8Cl3NO3. The lowest BCUT2D eigenvalue weighted by Crippen LogP contribution is -2.27. The van der Waals surface area contributed by atoms with Crippen molar-refractivity contribution in [3.63, 3.8) is 0 Å². The van der Waals surface area contributed by atoms with Crippen LogP contribution < -0.4 is 0 Å². The predicted octanol–water partition coefficient (Wildman–Crippen LogP) is 3.29. The molecule has 0 aromatic heterocycles. The van der Waals surface area contributed by atoms with E-state index in [-0.39, 0.29) is 17.1 Å². The number of nitro groups is 1. The van der Waals surface area contributed by atoms with Gasteiger partial charge in [-0.3, -0.25) is 14.9 Å². The zero-order chi connectivity index (χ0) is 13.1. The summed E-state index contributed by atoms with van der Waals surface area (Å²) >= 11 is 17.3. The minimum Gasteiger partial charge on any atom is -0.300 e. The van der Waals surface area contributed by atoms with E-state index < -0.39 is 15.2 Å². The van der Waals surface area contributed by atoms with Crippen molar-refractivity contribution in [2.75, 3.05) is 5.88 Å². The van der Waals surface area contributed by atoms with Gasteiger partial charge in [0.05, 0.1) is 4.92 Å². The van der Waals surface area contributed by atoms with Crippen LogP contribution in [0.5, 0.6) is 0 Å². The van der Waals surface area contributed by atoms with Crippen molar-refractivity contribution < 1.29 is 9.72 Å². The summed E-state index contributed by atoms with van der Waals surface area (Å²) in [6.07, 6.45) is 0.319. The summed E-state index contributed by atoms with van der Waals surface area (Å²) in [7, 11) is 0. The van der Waals surface area contributed by atoms with Crippen molar-refractivity contribution >= 4 is 46.8 Å². The number of carbonyl (C=O) groups is 1. The highest BCUT2D eigenvalue weighted by molar-refractivity contribution is 6.56. The summed E-state index contributed by atoms with van der Waals surface area (Å²) in [6.45, 7) is 0. The second-order valence-electron chi connectivity index (χ2n) is 3.32. The lowest BCUT2D eigenvalue weighted by molar-refractivity contribution is -0.385. The molecule has 0 aliphatic carbocycles. The molecule has 1 unspecified atom stereocenters. The Morgan fingerprint density at radius 1 is 1.41 bits per heavy atom. The SMILES string of the molecule is O=CC(Cl)(Cl)C(CCl)c1ccccc1[N+](=O)[O-]. The molecule has 0 aliphatic rings. The first-order chi connectivity index (χ1) is 7.94. The highest BCUT2D eigenvalue weighted by Gasteiger charge is 2.38. The third kappa shape index (κ3) is 3.09. The summed E-state index contributed by atoms with van der Waals surface area (Å²) in [4.78, 5) is 21.1. The third-order valence-corrected chi connectivity index (χ3v) is 3.30. The summed E-state index contributed by atoms with van der Waals surface area (Å²) < 4.78 is -1.78. The number of alkyl halides is 3. The number of nitrogens with zero attached hydrogens (tertiary/aromatic N) is 1. The van der Waals surface area contributed by atoms with E-state index >= 15 is 0 Å². The zero-order valence-corrected chi connectivity index (χ0v) is 10.7. The number of rotatable bonds is 5. The van der Waals surface area contributed by atoms with Crippen LogP contribution >= 0.6 is 34.8 Å². The molecule has 7 heteroatoms. The van der Waals surface area contributed by atoms with Crippen LogP contribution in [0, 0.1) is 10.1 Å². The first kappa shape index (κ1) is 14.2. The number of para-hydroxylation sites is 1. The molecule has 0 N–H and O–H groups in total. The monoisotopic (exact) mass is 295 g/mol. The van der Waals surface area contributed by atoms with Crippen LogP contribution in [0.3, 0.4) is 0 Å². The Bertz CT molecular complexity index is 437. The molecule has 1 aromatic carbocycles. The minimum absolute atomic E-state index is 0.101. The van der Waals surface area contributed by atoms with E-state index in [2.05, 4.69) is 0 Å². The number of halogens is 3. The molecule has 1 atom stereocenters. The van der Waals surface area contributed by atoms with E-state index in [1.807, 2.05) is 0 Å². The maximum absolute atomic E-state index is 10.8. The topological polar surface area (TPSA) is 60.2 Å². The summed E-state index contributed by atoms with van der Waals surface area (Å²) in [5.41, 5.74) is 0.0790. The van der Waals surface area contributed by atoms with Crippen LogP contribution in [-0.2, 0) is 4.79 Å². The largest absolute Gasteiger partial charge is 0.300 e. The van der Waals surface area contributed by atoms with Crippen LogP contribution in [0.2, 0.25) is 0 Å². The fraction of sp³-hybridized carbons (Fsp3) is 0.300. The van der Waals surface area contributed by atoms with Gasteiger partial charge in [-0.05, 0) is 0 Å². The molecule has 1 rings (SSSR count). The molecule has 0 saturated carbocycles. The average Bonchev–Trinajstić information content (AvgIpc) is 2.30. The number of nitro benzene ring substituents is 1. The van der Waals surface area contributed by atoms with Gasteiger partial charge in [0, 0.05) is 23.4 Å². The van der Waals surface area contributed by atoms with Crippen LogP contribution in [0.4, 0.5) is 5.69 Å². The van der Waals surface area contributed by atoms with Gasteiger partial charge >= 0.3 is 0 Å². The molecule has 0 spiro atoms. The second-order valence-corrected chi connectivity index (χ2v) is 5.07. The number of aldehydes is 1. The molecule has 4 nitrogen and oxygen atoms in total. The Kier molecular flexibility index (Phi) is 4.74. The molecule has 0 heterocycles. The smallest absolute Gasteiger partial charge is 0.273 e. The predicted molar refractivity (Wildman–Crippen MR) is 67.1 cm³/mol. The summed E-state index contributed by atoms with van der Waals surface area (Å²) in [6, 6.07) is 5.90. The highest BCUT2D eigenvalue weighted by atomic mass is 35.5. The number of carbonyl (C=O) groups excluding carboxylic acids is 1. The number of hydrogen-bond acceptors (Lipinski definition) is 3. The molecule has 0 bridgehead atoms. The van der Waals surface area contributed by atoms with Crippen molar-refractivity contribution in [1.29, 1.82) is 0 Å². The van der Waals surface area contributed by atoms with Crippen molar-refractivity contribution in [3.8, 4) is 0 Å². The minimum atomic E-state index is -1.78. The van der Waals surface area contributed by atoms with Gasteiger partial charge in [-0.25, -0.2) is 0 Å². The van der Waals surface area contributed by atoms with E-state index in [4.69, 9.17) is 34.8 Å². The van der Waals surface area contributed by atoms with Crippen LogP contribution in [0.15, 0.2) is 24.3 Å². The molecule has 0 saturated heterocycles. The van der Waals surface area contributed by atoms with Gasteiger partial charge in [0.25, 0.3) is 5.69 Å². The van der Waals surface area contributed by atoms with Gasteiger partial charge in [-0.1, -0.05) is 41.4 Å². The van der Waals surface area contributed by atoms with Gasteiger partial charge in [0.15, 0.2) is 10.6 Å². The Morgan fingerprint density at radius 2 is 2.00 bits per heavy atom. The quantitative estimate of drug-likeness (QED) is 0.362. The Labute approximate surface area is 113 Å². The van der Waals surface area contributed by atoms with Crippen LogP contribution in [0.25, 0.3) is 0 Å². The maximum Gasteiger partial charge on any atom is 0.273 e. The molecule has 1 aromatic rings. The van der Waals surface area contributed by atoms with E-state index in [9.17, 15) is 14.9 Å². The van der Waals surface area contributed by atoms with E-state index in [1.54, 1.807) is 6.07 Å². The summed E-state index contributed by atoms with van der Waals surface area (Å²) in [5, 5.41) is 10.8. The maximum atomic E-state index is 10.8. The van der Waals surface area contributed by atoms with Crippen LogP contribution in [0.1, 0.15) is 11.5 Å². The molecule has 92 valence electrons. The number of benzene rings is 1. The van der Waals surface area contributed by atoms with Crippen molar-refractivity contribution in [1.82, 2.24) is 0 Å². The first-order valence-corrected chi connectivity index (χ1v) is 5.86. The fourth-order valence-corrected chi connectivity index (χ4v) is 2.38. The lowest BCUT2D eigenvalue weighted by atomic mass is 9.95. The second kappa shape index (κ2) is 5.67. The van der Waals surface area contributed by atoms with Gasteiger partial charge < -0.3 is 0 Å². The Morgan fingerprint density at radius 3 is 2.47 bits per heavy atom. The van der Waals surface area contributed by atoms with E-state index in [0.29, 0.717) is 6.29 Å². The van der Waals surface area contributed by atoms with Gasteiger partial charge in [0.1, 0.15) is 0 Å². The van der Waals surface area contributed by atoms with Crippen LogP contribution in [-0.4, -0.2) is 21.4 Å². The number of hydrogen-bond donors (Lipinski definition) is 0. The normalized spacial score (nSPS) is 13.1. The van der Waals surface area contributed by atoms with E-state index in [1.165, 1.54) is 18.2 Å². The molecule has 0 aliphatic heterocycles. The standard InChI is InChI=1S/C10H8Cl3NO3/c11-5-8(10(12,13)6-15)7-3-1-2-4-9(7)14(16)17/h1-4,6,8H,5H2. The fourth-order valence-electron chi connectivity index (χ4n) is 1.42. The zero-order valence-electron chi connectivity index (χ0n) is 8.48. The highest BCUT2D eigenvalue weighted by Crippen LogP contribution is 2.40. The summed E-state index contributed by atoms with van der Waals surface area (Å²) in [5.74, 6) is -0.942. The van der Waals surface area contributed by atoms with Crippen molar-refractivity contribution in [2.24, 2.45) is 0 Å². The molecule has 0 fully saturated rings. The lowest BCUT2D eigenvalue weighted by Gasteiger charge is -2.22. The first-order valence-electron chi connectivity index (χ1n) is 4.57. The average molecular weight is 297 g/mol. The van der Waals surface area contributed by atoms with Gasteiger partial charge in [-0.15, -0.1) is 11.6 Å². The molecule has 17 heavy (non-hydrogen) atoms. The molecule has 0 amide bonds. The van der Waals surface area contributed by atoms with E-state index in [0.717, 1.165) is 0 Å². The Balaban J connectivity index is 3.30. The van der Waals surface area contributed by atoms with Gasteiger partial charge in [-0.2, -0.15) is 0 Å².